The fourth-order valence-corrected chi connectivity index (χ4v) is 5.76. The molecule has 0 aliphatic rings. The number of phenolic OH excluding ortho intramolecular Hbond substituents is 1. The van der Waals surface area contributed by atoms with E-state index in [-0.39, 0.29) is 0 Å². The third kappa shape index (κ3) is 18.9. The van der Waals surface area contributed by atoms with Gasteiger partial charge in [-0.15, -0.1) is 0 Å². The number of allylic oxidation sites excluding steroid dienone is 2. The number of hydrogen-bond donors (Lipinski definition) is 1. The van der Waals surface area contributed by atoms with Crippen LogP contribution in [0.25, 0.3) is 0 Å². The number of phenols is 1. The third-order valence-corrected chi connectivity index (χ3v) is 8.36. The molecule has 1 aromatic rings. The molecule has 0 bridgehead atoms. The summed E-state index contributed by atoms with van der Waals surface area (Å²) >= 11 is 0. The van der Waals surface area contributed by atoms with Gasteiger partial charge in [0.1, 0.15) is 5.75 Å². The zero-order valence-electron chi connectivity index (χ0n) is 26.1. The van der Waals surface area contributed by atoms with E-state index in [0.29, 0.717) is 5.75 Å². The Balaban J connectivity index is 2.11. The molecule has 0 spiro atoms. The number of benzene rings is 1. The summed E-state index contributed by atoms with van der Waals surface area (Å²) in [5.74, 6) is 0.533. The van der Waals surface area contributed by atoms with Crippen LogP contribution in [-0.2, 0) is 12.8 Å². The lowest BCUT2D eigenvalue weighted by atomic mass is 9.92. The zero-order valence-corrected chi connectivity index (χ0v) is 26.1. The first kappa shape index (κ1) is 34.8. The lowest BCUT2D eigenvalue weighted by molar-refractivity contribution is 0.463. The maximum absolute atomic E-state index is 10.6. The molecule has 1 nitrogen and oxygen atoms in total. The SMILES string of the molecule is CCCCCCCC/C=C\CCCCCCCCc1c(C)ccc(O)c1CCCCCCCCCCCC. The second kappa shape index (κ2) is 26.0. The maximum Gasteiger partial charge on any atom is 0.119 e. The Bertz CT molecular complexity index is 674. The molecular weight excluding hydrogens is 460 g/mol. The summed E-state index contributed by atoms with van der Waals surface area (Å²) in [6.07, 6.45) is 39.6. The van der Waals surface area contributed by atoms with Gasteiger partial charge in [-0.25, -0.2) is 0 Å². The monoisotopic (exact) mass is 527 g/mol. The molecule has 220 valence electrons. The normalized spacial score (nSPS) is 11.7. The van der Waals surface area contributed by atoms with Gasteiger partial charge in [0.15, 0.2) is 0 Å². The maximum atomic E-state index is 10.6. The van der Waals surface area contributed by atoms with E-state index in [2.05, 4.69) is 39.0 Å². The summed E-state index contributed by atoms with van der Waals surface area (Å²) in [4.78, 5) is 0. The summed E-state index contributed by atoms with van der Waals surface area (Å²) in [7, 11) is 0. The molecule has 0 amide bonds. The summed E-state index contributed by atoms with van der Waals surface area (Å²) in [5.41, 5.74) is 4.06. The first-order chi connectivity index (χ1) is 18.7. The average Bonchev–Trinajstić information content (AvgIpc) is 2.92. The lowest BCUT2D eigenvalue weighted by Gasteiger charge is -2.15. The predicted molar refractivity (Wildman–Crippen MR) is 172 cm³/mol. The molecule has 1 N–H and O–H groups in total. The number of hydrogen-bond acceptors (Lipinski definition) is 1. The van der Waals surface area contributed by atoms with Crippen LogP contribution in [0.3, 0.4) is 0 Å². The van der Waals surface area contributed by atoms with Gasteiger partial charge in [0.25, 0.3) is 0 Å². The van der Waals surface area contributed by atoms with Crippen LogP contribution in [0.5, 0.6) is 5.75 Å². The summed E-state index contributed by atoms with van der Waals surface area (Å²) in [6.45, 7) is 6.81. The molecule has 0 saturated heterocycles. The van der Waals surface area contributed by atoms with Crippen LogP contribution in [0.1, 0.15) is 185 Å². The van der Waals surface area contributed by atoms with Crippen LogP contribution in [0, 0.1) is 6.92 Å². The molecule has 0 aromatic heterocycles. The highest BCUT2D eigenvalue weighted by atomic mass is 16.3. The first-order valence-electron chi connectivity index (χ1n) is 17.2. The van der Waals surface area contributed by atoms with Gasteiger partial charge in [-0.2, -0.15) is 0 Å². The van der Waals surface area contributed by atoms with Gasteiger partial charge in [0, 0.05) is 0 Å². The van der Waals surface area contributed by atoms with Crippen molar-refractivity contribution in [3.8, 4) is 5.75 Å². The average molecular weight is 527 g/mol. The van der Waals surface area contributed by atoms with Crippen molar-refractivity contribution in [2.24, 2.45) is 0 Å². The molecule has 0 unspecified atom stereocenters. The lowest BCUT2D eigenvalue weighted by Crippen LogP contribution is -1.99. The fraction of sp³-hybridized carbons (Fsp3) is 0.784. The highest BCUT2D eigenvalue weighted by Gasteiger charge is 2.11. The Hall–Kier alpha value is -1.24. The minimum absolute atomic E-state index is 0.533. The highest BCUT2D eigenvalue weighted by molar-refractivity contribution is 5.44. The predicted octanol–water partition coefficient (Wildman–Crippen LogP) is 12.7. The summed E-state index contributed by atoms with van der Waals surface area (Å²) in [6, 6.07) is 4.04. The van der Waals surface area contributed by atoms with Gasteiger partial charge in [-0.1, -0.05) is 148 Å². The molecule has 0 heterocycles. The Morgan fingerprint density at radius 3 is 1.29 bits per heavy atom. The van der Waals surface area contributed by atoms with Crippen LogP contribution in [-0.4, -0.2) is 5.11 Å². The van der Waals surface area contributed by atoms with E-state index in [1.165, 1.54) is 171 Å². The van der Waals surface area contributed by atoms with Gasteiger partial charge >= 0.3 is 0 Å². The van der Waals surface area contributed by atoms with Gasteiger partial charge in [0.05, 0.1) is 0 Å². The van der Waals surface area contributed by atoms with Crippen LogP contribution in [0.15, 0.2) is 24.3 Å². The standard InChI is InChI=1S/C37H66O/c1-4-6-8-10-12-14-16-17-18-19-20-21-23-24-26-28-30-35-34(3)32-33-37(38)36(35)31-29-27-25-22-15-13-11-9-7-5-2/h17-18,32-33,38H,4-16,19-31H2,1-3H3/b18-17-. The summed E-state index contributed by atoms with van der Waals surface area (Å²) < 4.78 is 0. The zero-order chi connectivity index (χ0) is 27.5. The number of rotatable bonds is 27. The number of unbranched alkanes of at least 4 members (excludes halogenated alkanes) is 21. The van der Waals surface area contributed by atoms with Crippen molar-refractivity contribution in [3.05, 3.63) is 41.0 Å². The van der Waals surface area contributed by atoms with Gasteiger partial charge in [0.2, 0.25) is 0 Å². The largest absolute Gasteiger partial charge is 0.508 e. The Kier molecular flexibility index (Phi) is 23.8. The van der Waals surface area contributed by atoms with Crippen LogP contribution in [0.4, 0.5) is 0 Å². The summed E-state index contributed by atoms with van der Waals surface area (Å²) in [5, 5.41) is 10.6. The van der Waals surface area contributed by atoms with Crippen LogP contribution >= 0.6 is 0 Å². The molecule has 0 radical (unpaired) electrons. The van der Waals surface area contributed by atoms with Crippen molar-refractivity contribution in [2.45, 2.75) is 188 Å². The van der Waals surface area contributed by atoms with Crippen molar-refractivity contribution in [1.82, 2.24) is 0 Å². The van der Waals surface area contributed by atoms with E-state index in [4.69, 9.17) is 0 Å². The first-order valence-corrected chi connectivity index (χ1v) is 17.2. The van der Waals surface area contributed by atoms with Gasteiger partial charge < -0.3 is 5.11 Å². The number of aromatic hydroxyl groups is 1. The van der Waals surface area contributed by atoms with Crippen molar-refractivity contribution >= 4 is 0 Å². The second-order valence-electron chi connectivity index (χ2n) is 12.0. The smallest absolute Gasteiger partial charge is 0.119 e. The molecule has 0 atom stereocenters. The molecule has 1 rings (SSSR count). The Morgan fingerprint density at radius 2 is 0.842 bits per heavy atom. The van der Waals surface area contributed by atoms with Crippen molar-refractivity contribution in [3.63, 3.8) is 0 Å². The minimum atomic E-state index is 0.533. The van der Waals surface area contributed by atoms with Gasteiger partial charge in [-0.05, 0) is 81.0 Å². The Morgan fingerprint density at radius 1 is 0.474 bits per heavy atom. The van der Waals surface area contributed by atoms with E-state index in [1.54, 1.807) is 0 Å². The molecule has 0 fully saturated rings. The van der Waals surface area contributed by atoms with Crippen LogP contribution < -0.4 is 0 Å². The highest BCUT2D eigenvalue weighted by Crippen LogP contribution is 2.28. The van der Waals surface area contributed by atoms with E-state index >= 15 is 0 Å². The van der Waals surface area contributed by atoms with E-state index < -0.39 is 0 Å². The van der Waals surface area contributed by atoms with Gasteiger partial charge in [-0.3, -0.25) is 0 Å². The van der Waals surface area contributed by atoms with Crippen molar-refractivity contribution in [2.75, 3.05) is 0 Å². The molecule has 0 aliphatic carbocycles. The second-order valence-corrected chi connectivity index (χ2v) is 12.0. The molecule has 0 saturated carbocycles. The van der Waals surface area contributed by atoms with Crippen molar-refractivity contribution < 1.29 is 5.11 Å². The topological polar surface area (TPSA) is 20.2 Å². The van der Waals surface area contributed by atoms with E-state index in [0.717, 1.165) is 12.8 Å². The number of aryl methyl sites for hydroxylation is 1. The molecule has 1 heteroatoms. The molecule has 0 aliphatic heterocycles. The van der Waals surface area contributed by atoms with E-state index in [9.17, 15) is 5.11 Å². The Labute approximate surface area is 239 Å². The molecule has 38 heavy (non-hydrogen) atoms. The third-order valence-electron chi connectivity index (χ3n) is 8.36. The van der Waals surface area contributed by atoms with E-state index in [1.807, 2.05) is 6.07 Å². The van der Waals surface area contributed by atoms with Crippen LogP contribution in [0.2, 0.25) is 0 Å². The quantitative estimate of drug-likeness (QED) is 0.0892. The minimum Gasteiger partial charge on any atom is -0.508 e. The fourth-order valence-electron chi connectivity index (χ4n) is 5.76. The molecular formula is C37H66O. The molecule has 1 aromatic carbocycles. The van der Waals surface area contributed by atoms with Crippen molar-refractivity contribution in [1.29, 1.82) is 0 Å².